The average Bonchev–Trinajstić information content (AvgIpc) is 1.00. The van der Waals surface area contributed by atoms with Gasteiger partial charge in [0.05, 0.1) is 0 Å². The Morgan fingerprint density at radius 2 is 1.25 bits per heavy atom. The SMILES string of the molecule is Br.[CH-]=O.[Mn]. The predicted molar refractivity (Wildman–Crippen MR) is 17.1 cm³/mol. The number of rotatable bonds is 0. The summed E-state index contributed by atoms with van der Waals surface area (Å²) in [5.74, 6) is 0. The van der Waals surface area contributed by atoms with Crippen LogP contribution >= 0.6 is 17.0 Å². The molecule has 0 aromatic heterocycles. The van der Waals surface area contributed by atoms with Crippen LogP contribution in [0.2, 0.25) is 0 Å². The molecule has 0 N–H and O–H groups in total. The molecule has 0 saturated carbocycles. The molecule has 0 heterocycles. The average molecular weight is 165 g/mol. The van der Waals surface area contributed by atoms with E-state index < -0.39 is 0 Å². The molecule has 0 bridgehead atoms. The van der Waals surface area contributed by atoms with Crippen LogP contribution in [0.4, 0.5) is 0 Å². The van der Waals surface area contributed by atoms with Crippen LogP contribution in [0.15, 0.2) is 0 Å². The predicted octanol–water partition coefficient (Wildman–Crippen LogP) is 0.301. The van der Waals surface area contributed by atoms with Gasteiger partial charge in [0.15, 0.2) is 0 Å². The Morgan fingerprint density at radius 3 is 1.25 bits per heavy atom. The molecular formula is CH2BrMnO-. The molecule has 27 valence electrons. The van der Waals surface area contributed by atoms with Crippen LogP contribution in [0.25, 0.3) is 0 Å². The maximum absolute atomic E-state index is 7.75. The van der Waals surface area contributed by atoms with Crippen LogP contribution in [0.5, 0.6) is 0 Å². The van der Waals surface area contributed by atoms with E-state index in [1.807, 2.05) is 0 Å². The van der Waals surface area contributed by atoms with Gasteiger partial charge in [-0.1, -0.05) is 0 Å². The molecule has 4 heavy (non-hydrogen) atoms. The second kappa shape index (κ2) is 58.3. The fourth-order valence-corrected chi connectivity index (χ4v) is 0. The zero-order valence-electron chi connectivity index (χ0n) is 1.77. The van der Waals surface area contributed by atoms with E-state index in [-0.39, 0.29) is 34.1 Å². The van der Waals surface area contributed by atoms with Gasteiger partial charge in [0, 0.05) is 17.1 Å². The van der Waals surface area contributed by atoms with Gasteiger partial charge in [0.25, 0.3) is 0 Å². The van der Waals surface area contributed by atoms with Gasteiger partial charge in [-0.2, -0.15) is 0 Å². The molecule has 0 saturated heterocycles. The summed E-state index contributed by atoms with van der Waals surface area (Å²) in [6, 6.07) is 0. The van der Waals surface area contributed by atoms with Gasteiger partial charge in [-0.25, -0.2) is 0 Å². The van der Waals surface area contributed by atoms with Crippen LogP contribution in [-0.4, -0.2) is 6.79 Å². The first-order valence-electron chi connectivity index (χ1n) is 0.236. The monoisotopic (exact) mass is 164 g/mol. The van der Waals surface area contributed by atoms with Crippen molar-refractivity contribution in [3.8, 4) is 0 Å². The first kappa shape index (κ1) is 22.6. The van der Waals surface area contributed by atoms with E-state index in [1.54, 1.807) is 0 Å². The number of hydrogen-bond acceptors (Lipinski definition) is 1. The van der Waals surface area contributed by atoms with Gasteiger partial charge in [-0.05, 0) is 0 Å². The van der Waals surface area contributed by atoms with Gasteiger partial charge >= 0.3 is 0 Å². The summed E-state index contributed by atoms with van der Waals surface area (Å²) in [6.07, 6.45) is 0. The quantitative estimate of drug-likeness (QED) is 0.286. The molecule has 0 atom stereocenters. The van der Waals surface area contributed by atoms with Crippen molar-refractivity contribution in [2.24, 2.45) is 0 Å². The Bertz CT molecular complexity index is 8.00. The van der Waals surface area contributed by atoms with E-state index in [0.717, 1.165) is 0 Å². The normalized spacial score (nSPS) is 1.00. The van der Waals surface area contributed by atoms with Crippen molar-refractivity contribution in [1.29, 1.82) is 0 Å². The third-order valence-electron chi connectivity index (χ3n) is 0. The van der Waals surface area contributed by atoms with Crippen LogP contribution < -0.4 is 0 Å². The van der Waals surface area contributed by atoms with Crippen molar-refractivity contribution < 1.29 is 21.9 Å². The summed E-state index contributed by atoms with van der Waals surface area (Å²) >= 11 is 0. The van der Waals surface area contributed by atoms with Crippen molar-refractivity contribution in [2.75, 3.05) is 0 Å². The number of carbonyl (C=O) groups excluding carboxylic acids is 1. The summed E-state index contributed by atoms with van der Waals surface area (Å²) in [7, 11) is 0. The van der Waals surface area contributed by atoms with Gasteiger partial charge in [0.1, 0.15) is 0 Å². The van der Waals surface area contributed by atoms with Crippen molar-refractivity contribution in [1.82, 2.24) is 0 Å². The molecule has 0 aliphatic heterocycles. The fourth-order valence-electron chi connectivity index (χ4n) is 0. The summed E-state index contributed by atoms with van der Waals surface area (Å²) < 4.78 is 0. The van der Waals surface area contributed by atoms with Gasteiger partial charge in [-0.15, -0.1) is 17.0 Å². The second-order valence-corrected chi connectivity index (χ2v) is 0. The van der Waals surface area contributed by atoms with Crippen LogP contribution in [0, 0.1) is 0 Å². The zero-order chi connectivity index (χ0) is 2.00. The topological polar surface area (TPSA) is 17.1 Å². The largest absolute Gasteiger partial charge is 0.545 e. The number of halogens is 1. The smallest absolute Gasteiger partial charge is 0 e. The standard InChI is InChI=1S/CHO.BrH.Mn/c1-2;;/h1H;1H;/q-1;;. The Morgan fingerprint density at radius 1 is 1.25 bits per heavy atom. The number of hydrogen-bond donors (Lipinski definition) is 0. The van der Waals surface area contributed by atoms with Crippen LogP contribution in [0.3, 0.4) is 0 Å². The Hall–Kier alpha value is 0.669. The molecule has 0 fully saturated rings. The van der Waals surface area contributed by atoms with Crippen molar-refractivity contribution in [2.45, 2.75) is 0 Å². The first-order valence-corrected chi connectivity index (χ1v) is 0.236. The molecule has 0 aliphatic carbocycles. The Balaban J connectivity index is -0.00000000500. The van der Waals surface area contributed by atoms with Crippen LogP contribution in [0.1, 0.15) is 0 Å². The van der Waals surface area contributed by atoms with E-state index in [1.165, 1.54) is 0 Å². The summed E-state index contributed by atoms with van der Waals surface area (Å²) in [5, 5.41) is 0. The minimum Gasteiger partial charge on any atom is -0.545 e. The molecule has 0 rings (SSSR count). The molecule has 0 aromatic rings. The molecule has 1 radical (unpaired) electrons. The molecule has 0 unspecified atom stereocenters. The van der Waals surface area contributed by atoms with E-state index >= 15 is 0 Å². The molecule has 0 aromatic carbocycles. The molecule has 0 aliphatic rings. The summed E-state index contributed by atoms with van der Waals surface area (Å²) in [6.45, 7) is 3.25. The van der Waals surface area contributed by atoms with Crippen LogP contribution in [-0.2, 0) is 21.9 Å². The summed E-state index contributed by atoms with van der Waals surface area (Å²) in [4.78, 5) is 7.75. The third kappa shape index (κ3) is 16.6. The maximum Gasteiger partial charge on any atom is 0 e. The summed E-state index contributed by atoms with van der Waals surface area (Å²) in [5.41, 5.74) is 0. The van der Waals surface area contributed by atoms with Crippen molar-refractivity contribution >= 4 is 23.8 Å². The molecule has 3 heteroatoms. The Kier molecular flexibility index (Phi) is 329. The molecule has 0 spiro atoms. The molecule has 0 amide bonds. The fraction of sp³-hybridized carbons (Fsp3) is 0. The van der Waals surface area contributed by atoms with Gasteiger partial charge in [0.2, 0.25) is 0 Å². The molecule has 1 nitrogen and oxygen atoms in total. The molecular weight excluding hydrogens is 163 g/mol. The van der Waals surface area contributed by atoms with E-state index in [4.69, 9.17) is 4.79 Å². The Labute approximate surface area is 46.0 Å². The van der Waals surface area contributed by atoms with E-state index in [0.29, 0.717) is 0 Å². The minimum atomic E-state index is 0. The van der Waals surface area contributed by atoms with Gasteiger partial charge in [-0.3, -0.25) is 6.79 Å². The zero-order valence-corrected chi connectivity index (χ0v) is 4.67. The van der Waals surface area contributed by atoms with E-state index in [9.17, 15) is 0 Å². The first-order chi connectivity index (χ1) is 1.00. The van der Waals surface area contributed by atoms with Crippen molar-refractivity contribution in [3.05, 3.63) is 0 Å². The second-order valence-electron chi connectivity index (χ2n) is 0. The van der Waals surface area contributed by atoms with Gasteiger partial charge < -0.3 is 4.79 Å². The maximum atomic E-state index is 7.75. The van der Waals surface area contributed by atoms with E-state index in [2.05, 4.69) is 6.79 Å². The van der Waals surface area contributed by atoms with Crippen molar-refractivity contribution in [3.63, 3.8) is 0 Å². The third-order valence-corrected chi connectivity index (χ3v) is 0. The minimum absolute atomic E-state index is 0.